The molecule has 0 radical (unpaired) electrons. The van der Waals surface area contributed by atoms with Crippen molar-refractivity contribution in [1.29, 1.82) is 0 Å². The van der Waals surface area contributed by atoms with Gasteiger partial charge in [0, 0.05) is 36.8 Å². The average molecular weight is 332 g/mol. The standard InChI is InChI=1S/C15H10BrNOS/c16-12-6-5-9(7-13(12)17)15(18)11-8-19-14-4-2-1-3-10(11)14/h1-8H,17H2. The van der Waals surface area contributed by atoms with Crippen LogP contribution in [0.4, 0.5) is 5.69 Å². The first kappa shape index (κ1) is 12.4. The van der Waals surface area contributed by atoms with Crippen molar-refractivity contribution in [3.8, 4) is 0 Å². The Morgan fingerprint density at radius 1 is 1.16 bits per heavy atom. The highest BCUT2D eigenvalue weighted by atomic mass is 79.9. The number of rotatable bonds is 2. The molecule has 0 atom stereocenters. The molecule has 0 aliphatic heterocycles. The van der Waals surface area contributed by atoms with E-state index in [9.17, 15) is 4.79 Å². The summed E-state index contributed by atoms with van der Waals surface area (Å²) in [5, 5.41) is 2.91. The Morgan fingerprint density at radius 3 is 2.74 bits per heavy atom. The van der Waals surface area contributed by atoms with Gasteiger partial charge in [-0.05, 0) is 40.2 Å². The van der Waals surface area contributed by atoms with Crippen molar-refractivity contribution in [2.24, 2.45) is 0 Å². The van der Waals surface area contributed by atoms with Crippen molar-refractivity contribution in [1.82, 2.24) is 0 Å². The molecule has 3 rings (SSSR count). The van der Waals surface area contributed by atoms with Crippen molar-refractivity contribution in [3.63, 3.8) is 0 Å². The molecule has 0 unspecified atom stereocenters. The molecule has 2 aromatic carbocycles. The molecule has 1 aromatic heterocycles. The lowest BCUT2D eigenvalue weighted by molar-refractivity contribution is 0.104. The highest BCUT2D eigenvalue weighted by Crippen LogP contribution is 2.29. The summed E-state index contributed by atoms with van der Waals surface area (Å²) in [6.07, 6.45) is 0. The van der Waals surface area contributed by atoms with Gasteiger partial charge in [0.2, 0.25) is 0 Å². The van der Waals surface area contributed by atoms with E-state index in [2.05, 4.69) is 15.9 Å². The van der Waals surface area contributed by atoms with Crippen LogP contribution in [-0.4, -0.2) is 5.78 Å². The topological polar surface area (TPSA) is 43.1 Å². The van der Waals surface area contributed by atoms with Gasteiger partial charge < -0.3 is 5.73 Å². The van der Waals surface area contributed by atoms with Crippen LogP contribution in [0.2, 0.25) is 0 Å². The zero-order valence-corrected chi connectivity index (χ0v) is 12.3. The lowest BCUT2D eigenvalue weighted by atomic mass is 10.0. The summed E-state index contributed by atoms with van der Waals surface area (Å²) in [7, 11) is 0. The number of hydrogen-bond acceptors (Lipinski definition) is 3. The van der Waals surface area contributed by atoms with E-state index >= 15 is 0 Å². The van der Waals surface area contributed by atoms with Crippen molar-refractivity contribution < 1.29 is 4.79 Å². The Balaban J connectivity index is 2.11. The number of thiophene rings is 1. The zero-order chi connectivity index (χ0) is 13.4. The number of hydrogen-bond donors (Lipinski definition) is 1. The fraction of sp³-hybridized carbons (Fsp3) is 0. The number of carbonyl (C=O) groups excluding carboxylic acids is 1. The van der Waals surface area contributed by atoms with Crippen LogP contribution < -0.4 is 5.73 Å². The Bertz CT molecular complexity index is 779. The zero-order valence-electron chi connectivity index (χ0n) is 9.89. The maximum atomic E-state index is 12.5. The minimum Gasteiger partial charge on any atom is -0.398 e. The first-order valence-electron chi connectivity index (χ1n) is 5.73. The third-order valence-corrected chi connectivity index (χ3v) is 4.67. The lowest BCUT2D eigenvalue weighted by Gasteiger charge is -2.03. The molecule has 0 aliphatic rings. The number of halogens is 1. The quantitative estimate of drug-likeness (QED) is 0.555. The molecule has 0 amide bonds. The van der Waals surface area contributed by atoms with E-state index in [4.69, 9.17) is 5.73 Å². The van der Waals surface area contributed by atoms with Gasteiger partial charge in [-0.3, -0.25) is 4.79 Å². The van der Waals surface area contributed by atoms with E-state index < -0.39 is 0 Å². The van der Waals surface area contributed by atoms with Gasteiger partial charge in [-0.25, -0.2) is 0 Å². The number of carbonyl (C=O) groups is 1. The molecule has 94 valence electrons. The fourth-order valence-electron chi connectivity index (χ4n) is 1.99. The largest absolute Gasteiger partial charge is 0.398 e. The average Bonchev–Trinajstić information content (AvgIpc) is 2.85. The molecule has 0 spiro atoms. The van der Waals surface area contributed by atoms with E-state index in [1.807, 2.05) is 29.6 Å². The molecule has 0 bridgehead atoms. The lowest BCUT2D eigenvalue weighted by Crippen LogP contribution is -2.01. The SMILES string of the molecule is Nc1cc(C(=O)c2csc3ccccc23)ccc1Br. The van der Waals surface area contributed by atoms with E-state index in [1.54, 1.807) is 29.5 Å². The summed E-state index contributed by atoms with van der Waals surface area (Å²) in [6.45, 7) is 0. The third-order valence-electron chi connectivity index (χ3n) is 2.98. The minimum atomic E-state index is 0.0108. The molecule has 19 heavy (non-hydrogen) atoms. The smallest absolute Gasteiger partial charge is 0.194 e. The maximum absolute atomic E-state index is 12.5. The number of benzene rings is 2. The summed E-state index contributed by atoms with van der Waals surface area (Å²) >= 11 is 4.92. The van der Waals surface area contributed by atoms with Gasteiger partial charge in [0.15, 0.2) is 5.78 Å². The number of nitrogens with two attached hydrogens (primary N) is 1. The summed E-state index contributed by atoms with van der Waals surface area (Å²) in [5.74, 6) is 0.0108. The number of ketones is 1. The van der Waals surface area contributed by atoms with Gasteiger partial charge in [0.1, 0.15) is 0 Å². The van der Waals surface area contributed by atoms with Gasteiger partial charge in [-0.2, -0.15) is 0 Å². The molecule has 2 nitrogen and oxygen atoms in total. The van der Waals surface area contributed by atoms with E-state index in [1.165, 1.54) is 0 Å². The predicted octanol–water partition coefficient (Wildman–Crippen LogP) is 4.48. The Labute approximate surface area is 123 Å². The second-order valence-electron chi connectivity index (χ2n) is 4.21. The van der Waals surface area contributed by atoms with Gasteiger partial charge in [-0.1, -0.05) is 18.2 Å². The van der Waals surface area contributed by atoms with Gasteiger partial charge in [-0.15, -0.1) is 11.3 Å². The minimum absolute atomic E-state index is 0.0108. The molecule has 1 heterocycles. The number of anilines is 1. The van der Waals surface area contributed by atoms with Crippen molar-refractivity contribution >= 4 is 48.8 Å². The van der Waals surface area contributed by atoms with Crippen LogP contribution in [0.15, 0.2) is 52.3 Å². The maximum Gasteiger partial charge on any atom is 0.194 e. The highest BCUT2D eigenvalue weighted by molar-refractivity contribution is 9.10. The first-order chi connectivity index (χ1) is 9.16. The summed E-state index contributed by atoms with van der Waals surface area (Å²) < 4.78 is 1.93. The molecule has 0 saturated heterocycles. The molecule has 0 saturated carbocycles. The number of nitrogen functional groups attached to an aromatic ring is 1. The third kappa shape index (κ3) is 2.17. The fourth-order valence-corrected chi connectivity index (χ4v) is 3.18. The highest BCUT2D eigenvalue weighted by Gasteiger charge is 2.14. The van der Waals surface area contributed by atoms with Crippen molar-refractivity contribution in [3.05, 3.63) is 63.4 Å². The predicted molar refractivity (Wildman–Crippen MR) is 83.8 cm³/mol. The molecule has 0 aliphatic carbocycles. The van der Waals surface area contributed by atoms with Crippen LogP contribution >= 0.6 is 27.3 Å². The van der Waals surface area contributed by atoms with Crippen LogP contribution in [0.3, 0.4) is 0 Å². The molecular weight excluding hydrogens is 322 g/mol. The monoisotopic (exact) mass is 331 g/mol. The van der Waals surface area contributed by atoms with Gasteiger partial charge >= 0.3 is 0 Å². The Morgan fingerprint density at radius 2 is 1.95 bits per heavy atom. The molecule has 2 N–H and O–H groups in total. The molecule has 0 fully saturated rings. The second-order valence-corrected chi connectivity index (χ2v) is 5.98. The van der Waals surface area contributed by atoms with Crippen molar-refractivity contribution in [2.45, 2.75) is 0 Å². The van der Waals surface area contributed by atoms with Crippen LogP contribution in [0.25, 0.3) is 10.1 Å². The van der Waals surface area contributed by atoms with Crippen LogP contribution in [0.1, 0.15) is 15.9 Å². The second kappa shape index (κ2) is 4.79. The van der Waals surface area contributed by atoms with Crippen molar-refractivity contribution in [2.75, 3.05) is 5.73 Å². The molecule has 4 heteroatoms. The molecule has 3 aromatic rings. The number of fused-ring (bicyclic) bond motifs is 1. The normalized spacial score (nSPS) is 10.8. The van der Waals surface area contributed by atoms with Crippen LogP contribution in [-0.2, 0) is 0 Å². The summed E-state index contributed by atoms with van der Waals surface area (Å²) in [5.41, 5.74) is 7.76. The van der Waals surface area contributed by atoms with E-state index in [0.717, 1.165) is 20.1 Å². The summed E-state index contributed by atoms with van der Waals surface area (Å²) in [6, 6.07) is 13.2. The van der Waals surface area contributed by atoms with Gasteiger partial charge in [0.25, 0.3) is 0 Å². The van der Waals surface area contributed by atoms with Gasteiger partial charge in [0.05, 0.1) is 0 Å². The Kier molecular flexibility index (Phi) is 3.12. The van der Waals surface area contributed by atoms with E-state index in [0.29, 0.717) is 11.3 Å². The molecular formula is C15H10BrNOS. The first-order valence-corrected chi connectivity index (χ1v) is 7.40. The Hall–Kier alpha value is -1.65. The summed E-state index contributed by atoms with van der Waals surface area (Å²) in [4.78, 5) is 12.5. The van der Waals surface area contributed by atoms with Crippen LogP contribution in [0.5, 0.6) is 0 Å². The van der Waals surface area contributed by atoms with E-state index in [-0.39, 0.29) is 5.78 Å². The van der Waals surface area contributed by atoms with Crippen LogP contribution in [0, 0.1) is 0 Å².